The van der Waals surface area contributed by atoms with E-state index in [1.54, 1.807) is 24.3 Å². The van der Waals surface area contributed by atoms with E-state index >= 15 is 0 Å². The Bertz CT molecular complexity index is 847. The molecular weight excluding hydrogens is 348 g/mol. The topological polar surface area (TPSA) is 105 Å². The monoisotopic (exact) mass is 370 g/mol. The molecule has 0 radical (unpaired) electrons. The molecular formula is C19H22N4O4. The lowest BCUT2D eigenvalue weighted by molar-refractivity contribution is -0.121. The van der Waals surface area contributed by atoms with Crippen molar-refractivity contribution in [1.29, 1.82) is 0 Å². The first-order valence-electron chi connectivity index (χ1n) is 8.82. The number of nitrogens with zero attached hydrogens (tertiary/aromatic N) is 3. The Morgan fingerprint density at radius 2 is 1.78 bits per heavy atom. The third-order valence-corrected chi connectivity index (χ3v) is 4.22. The van der Waals surface area contributed by atoms with Crippen LogP contribution >= 0.6 is 0 Å². The summed E-state index contributed by atoms with van der Waals surface area (Å²) in [6, 6.07) is 6.66. The summed E-state index contributed by atoms with van der Waals surface area (Å²) in [5.74, 6) is 0.121. The van der Waals surface area contributed by atoms with Crippen LogP contribution in [0.5, 0.6) is 0 Å². The average molecular weight is 370 g/mol. The molecule has 0 saturated heterocycles. The first kappa shape index (κ1) is 18.8. The number of hydrogen-bond acceptors (Lipinski definition) is 6. The van der Waals surface area contributed by atoms with E-state index in [-0.39, 0.29) is 36.1 Å². The normalized spacial score (nSPS) is 13.8. The van der Waals surface area contributed by atoms with Gasteiger partial charge in [-0.3, -0.25) is 19.3 Å². The molecule has 0 bridgehead atoms. The van der Waals surface area contributed by atoms with Gasteiger partial charge in [-0.25, -0.2) is 0 Å². The van der Waals surface area contributed by atoms with E-state index < -0.39 is 0 Å². The van der Waals surface area contributed by atoms with Crippen LogP contribution in [0.4, 0.5) is 0 Å². The summed E-state index contributed by atoms with van der Waals surface area (Å²) in [5.41, 5.74) is 0.547. The summed E-state index contributed by atoms with van der Waals surface area (Å²) in [6.07, 6.45) is 0.489. The Morgan fingerprint density at radius 1 is 1.15 bits per heavy atom. The van der Waals surface area contributed by atoms with Crippen LogP contribution in [0.3, 0.4) is 0 Å². The van der Waals surface area contributed by atoms with Gasteiger partial charge >= 0.3 is 0 Å². The number of imide groups is 1. The minimum absolute atomic E-state index is 0.0466. The first-order valence-corrected chi connectivity index (χ1v) is 8.82. The standard InChI is InChI=1S/C19H22N4O4/c1-19(2,3)18-21-14(22-27-18)8-10-20-15(24)9-11-23-16(25)12-6-4-5-7-13(12)17(23)26/h4-7H,8-11H2,1-3H3,(H,20,24). The van der Waals surface area contributed by atoms with Crippen molar-refractivity contribution in [2.24, 2.45) is 0 Å². The molecule has 27 heavy (non-hydrogen) atoms. The third kappa shape index (κ3) is 4.05. The van der Waals surface area contributed by atoms with Crippen molar-refractivity contribution in [1.82, 2.24) is 20.4 Å². The smallest absolute Gasteiger partial charge is 0.261 e. The number of aromatic nitrogens is 2. The van der Waals surface area contributed by atoms with Crippen LogP contribution in [-0.2, 0) is 16.6 Å². The van der Waals surface area contributed by atoms with Gasteiger partial charge in [0.15, 0.2) is 5.82 Å². The Hall–Kier alpha value is -3.03. The molecule has 2 aromatic rings. The zero-order valence-corrected chi connectivity index (χ0v) is 15.6. The second kappa shape index (κ2) is 7.30. The van der Waals surface area contributed by atoms with E-state index in [2.05, 4.69) is 15.5 Å². The molecule has 2 heterocycles. The highest BCUT2D eigenvalue weighted by Gasteiger charge is 2.34. The minimum Gasteiger partial charge on any atom is -0.356 e. The van der Waals surface area contributed by atoms with Crippen LogP contribution < -0.4 is 5.32 Å². The van der Waals surface area contributed by atoms with E-state index in [1.165, 1.54) is 0 Å². The number of rotatable bonds is 6. The zero-order chi connectivity index (χ0) is 19.6. The molecule has 142 valence electrons. The maximum Gasteiger partial charge on any atom is 0.261 e. The van der Waals surface area contributed by atoms with Gasteiger partial charge in [0.25, 0.3) is 11.8 Å². The first-order chi connectivity index (χ1) is 12.8. The van der Waals surface area contributed by atoms with Crippen molar-refractivity contribution in [3.8, 4) is 0 Å². The van der Waals surface area contributed by atoms with E-state index in [0.29, 0.717) is 35.8 Å². The van der Waals surface area contributed by atoms with Crippen LogP contribution in [0, 0.1) is 0 Å². The van der Waals surface area contributed by atoms with Crippen molar-refractivity contribution >= 4 is 17.7 Å². The van der Waals surface area contributed by atoms with Crippen LogP contribution in [0.1, 0.15) is 59.6 Å². The van der Waals surface area contributed by atoms with Gasteiger partial charge in [-0.2, -0.15) is 4.98 Å². The number of benzene rings is 1. The van der Waals surface area contributed by atoms with Gasteiger partial charge < -0.3 is 9.84 Å². The van der Waals surface area contributed by atoms with Crippen LogP contribution in [0.15, 0.2) is 28.8 Å². The Balaban J connectivity index is 1.45. The fourth-order valence-corrected chi connectivity index (χ4v) is 2.72. The molecule has 3 amide bonds. The Kier molecular flexibility index (Phi) is 5.07. The van der Waals surface area contributed by atoms with Gasteiger partial charge in [0, 0.05) is 31.3 Å². The quantitative estimate of drug-likeness (QED) is 0.776. The average Bonchev–Trinajstić information content (AvgIpc) is 3.18. The van der Waals surface area contributed by atoms with E-state index in [4.69, 9.17) is 4.52 Å². The Labute approximate surface area is 156 Å². The highest BCUT2D eigenvalue weighted by Crippen LogP contribution is 2.22. The molecule has 0 unspecified atom stereocenters. The zero-order valence-electron chi connectivity index (χ0n) is 15.6. The summed E-state index contributed by atoms with van der Waals surface area (Å²) >= 11 is 0. The van der Waals surface area contributed by atoms with Gasteiger partial charge in [0.05, 0.1) is 11.1 Å². The van der Waals surface area contributed by atoms with Crippen molar-refractivity contribution < 1.29 is 18.9 Å². The van der Waals surface area contributed by atoms with Crippen molar-refractivity contribution in [2.45, 2.75) is 39.0 Å². The largest absolute Gasteiger partial charge is 0.356 e. The molecule has 0 aliphatic carbocycles. The van der Waals surface area contributed by atoms with E-state index in [1.807, 2.05) is 20.8 Å². The summed E-state index contributed by atoms with van der Waals surface area (Å²) in [5, 5.41) is 6.64. The lowest BCUT2D eigenvalue weighted by Crippen LogP contribution is -2.35. The number of fused-ring (bicyclic) bond motifs is 1. The van der Waals surface area contributed by atoms with Crippen molar-refractivity contribution in [2.75, 3.05) is 13.1 Å². The summed E-state index contributed by atoms with van der Waals surface area (Å²) in [7, 11) is 0. The molecule has 1 aliphatic rings. The van der Waals surface area contributed by atoms with E-state index in [0.717, 1.165) is 4.90 Å². The van der Waals surface area contributed by atoms with Crippen LogP contribution in [-0.4, -0.2) is 45.9 Å². The molecule has 8 nitrogen and oxygen atoms in total. The summed E-state index contributed by atoms with van der Waals surface area (Å²) < 4.78 is 5.20. The summed E-state index contributed by atoms with van der Waals surface area (Å²) in [4.78, 5) is 41.9. The SMILES string of the molecule is CC(C)(C)c1nc(CCNC(=O)CCN2C(=O)c3ccccc3C2=O)no1. The lowest BCUT2D eigenvalue weighted by Gasteiger charge is -2.13. The van der Waals surface area contributed by atoms with Crippen LogP contribution in [0.25, 0.3) is 0 Å². The van der Waals surface area contributed by atoms with Gasteiger partial charge in [-0.05, 0) is 12.1 Å². The van der Waals surface area contributed by atoms with E-state index in [9.17, 15) is 14.4 Å². The van der Waals surface area contributed by atoms with Gasteiger partial charge in [0.1, 0.15) is 0 Å². The second-order valence-electron chi connectivity index (χ2n) is 7.42. The molecule has 0 saturated carbocycles. The molecule has 3 rings (SSSR count). The number of amides is 3. The number of carbonyl (C=O) groups excluding carboxylic acids is 3. The van der Waals surface area contributed by atoms with Crippen molar-refractivity contribution in [3.05, 3.63) is 47.1 Å². The highest BCUT2D eigenvalue weighted by atomic mass is 16.5. The number of hydrogen-bond donors (Lipinski definition) is 1. The molecule has 0 fully saturated rings. The highest BCUT2D eigenvalue weighted by molar-refractivity contribution is 6.21. The predicted molar refractivity (Wildman–Crippen MR) is 96.1 cm³/mol. The summed E-state index contributed by atoms with van der Waals surface area (Å²) in [6.45, 7) is 6.33. The molecule has 8 heteroatoms. The fourth-order valence-electron chi connectivity index (χ4n) is 2.72. The van der Waals surface area contributed by atoms with Gasteiger partial charge in [-0.1, -0.05) is 38.1 Å². The number of nitrogens with one attached hydrogen (secondary N) is 1. The fraction of sp³-hybridized carbons (Fsp3) is 0.421. The van der Waals surface area contributed by atoms with Crippen LogP contribution in [0.2, 0.25) is 0 Å². The third-order valence-electron chi connectivity index (χ3n) is 4.22. The predicted octanol–water partition coefficient (Wildman–Crippen LogP) is 1.71. The molecule has 1 aromatic carbocycles. The van der Waals surface area contributed by atoms with Gasteiger partial charge in [-0.15, -0.1) is 0 Å². The van der Waals surface area contributed by atoms with Crippen molar-refractivity contribution in [3.63, 3.8) is 0 Å². The Morgan fingerprint density at radius 3 is 2.33 bits per heavy atom. The lowest BCUT2D eigenvalue weighted by atomic mass is 9.97. The maximum atomic E-state index is 12.2. The second-order valence-corrected chi connectivity index (χ2v) is 7.42. The minimum atomic E-state index is -0.357. The molecule has 1 aromatic heterocycles. The van der Waals surface area contributed by atoms with Gasteiger partial charge in [0.2, 0.25) is 11.8 Å². The molecule has 0 atom stereocenters. The molecule has 1 aliphatic heterocycles. The number of carbonyl (C=O) groups is 3. The molecule has 1 N–H and O–H groups in total. The maximum absolute atomic E-state index is 12.2. The molecule has 0 spiro atoms.